The Labute approximate surface area is 166 Å². The Morgan fingerprint density at radius 3 is 1.71 bits per heavy atom. The van der Waals surface area contributed by atoms with Crippen molar-refractivity contribution in [2.24, 2.45) is 0 Å². The predicted molar refractivity (Wildman–Crippen MR) is 108 cm³/mol. The molecular formula is C18H30O8P2. The second-order valence-electron chi connectivity index (χ2n) is 5.57. The number of hydrogen-bond acceptors (Lipinski definition) is 8. The molecule has 0 fully saturated rings. The van der Waals surface area contributed by atoms with Crippen LogP contribution in [0.5, 0.6) is 0 Å². The van der Waals surface area contributed by atoms with Gasteiger partial charge in [-0.2, -0.15) is 0 Å². The quantitative estimate of drug-likeness (QED) is 0.342. The molecule has 0 aliphatic carbocycles. The van der Waals surface area contributed by atoms with Crippen LogP contribution in [0.1, 0.15) is 39.7 Å². The molecule has 0 saturated carbocycles. The van der Waals surface area contributed by atoms with Crippen LogP contribution in [0.15, 0.2) is 18.2 Å². The summed E-state index contributed by atoms with van der Waals surface area (Å²) in [5.41, 5.74) is 0.698. The van der Waals surface area contributed by atoms with E-state index >= 15 is 0 Å². The van der Waals surface area contributed by atoms with Crippen molar-refractivity contribution in [3.63, 3.8) is 0 Å². The fourth-order valence-corrected chi connectivity index (χ4v) is 6.64. The molecule has 1 aromatic rings. The molecule has 0 aliphatic rings. The predicted octanol–water partition coefficient (Wildman–Crippen LogP) is 3.58. The molecule has 0 N–H and O–H groups in total. The monoisotopic (exact) mass is 436 g/mol. The average molecular weight is 436 g/mol. The summed E-state index contributed by atoms with van der Waals surface area (Å²) in [5.74, 6) is -0.363. The van der Waals surface area contributed by atoms with E-state index in [-0.39, 0.29) is 49.4 Å². The molecule has 10 heteroatoms. The van der Waals surface area contributed by atoms with E-state index in [9.17, 15) is 13.9 Å². The topological polar surface area (TPSA) is 97.4 Å². The molecule has 28 heavy (non-hydrogen) atoms. The zero-order valence-electron chi connectivity index (χ0n) is 17.1. The molecule has 8 nitrogen and oxygen atoms in total. The second kappa shape index (κ2) is 11.9. The average Bonchev–Trinajstić information content (AvgIpc) is 2.66. The molecule has 0 atom stereocenters. The number of carbonyl (C=O) groups is 1. The van der Waals surface area contributed by atoms with Crippen LogP contribution in [0.4, 0.5) is 0 Å². The minimum Gasteiger partial charge on any atom is -0.469 e. The van der Waals surface area contributed by atoms with Crippen molar-refractivity contribution in [2.45, 2.75) is 40.5 Å². The van der Waals surface area contributed by atoms with Gasteiger partial charge in [0.2, 0.25) is 0 Å². The molecule has 0 unspecified atom stereocenters. The Bertz CT molecular complexity index is 714. The van der Waals surface area contributed by atoms with Gasteiger partial charge < -0.3 is 22.8 Å². The van der Waals surface area contributed by atoms with Gasteiger partial charge in [-0.25, -0.2) is 0 Å². The van der Waals surface area contributed by atoms with Crippen LogP contribution in [0.3, 0.4) is 0 Å². The lowest BCUT2D eigenvalue weighted by atomic mass is 10.1. The fraction of sp³-hybridized carbons (Fsp3) is 0.611. The number of rotatable bonds is 13. The third-order valence-electron chi connectivity index (χ3n) is 3.67. The van der Waals surface area contributed by atoms with Crippen molar-refractivity contribution in [2.75, 3.05) is 33.5 Å². The third kappa shape index (κ3) is 6.51. The molecule has 0 aliphatic heterocycles. The Morgan fingerprint density at radius 2 is 1.29 bits per heavy atom. The van der Waals surface area contributed by atoms with Gasteiger partial charge in [0.05, 0.1) is 44.1 Å². The van der Waals surface area contributed by atoms with E-state index < -0.39 is 15.2 Å². The van der Waals surface area contributed by atoms with Crippen molar-refractivity contribution in [1.29, 1.82) is 0 Å². The molecular weight excluding hydrogens is 406 g/mol. The van der Waals surface area contributed by atoms with Crippen LogP contribution in [-0.2, 0) is 43.2 Å². The molecule has 0 heterocycles. The van der Waals surface area contributed by atoms with Gasteiger partial charge in [-0.15, -0.1) is 0 Å². The summed E-state index contributed by atoms with van der Waals surface area (Å²) in [7, 11) is -6.21. The normalized spacial score (nSPS) is 12.2. The third-order valence-corrected chi connectivity index (χ3v) is 8.18. The molecule has 0 radical (unpaired) electrons. The molecule has 0 saturated heterocycles. The number of aryl methyl sites for hydroxylation is 1. The van der Waals surface area contributed by atoms with Crippen molar-refractivity contribution in [3.05, 3.63) is 23.8 Å². The molecule has 0 amide bonds. The first-order valence-electron chi connectivity index (χ1n) is 9.29. The first-order chi connectivity index (χ1) is 13.3. The Morgan fingerprint density at radius 1 is 0.821 bits per heavy atom. The van der Waals surface area contributed by atoms with E-state index in [4.69, 9.17) is 18.1 Å². The first kappa shape index (κ1) is 25.0. The maximum absolute atomic E-state index is 13.5. The summed E-state index contributed by atoms with van der Waals surface area (Å²) >= 11 is 0. The Kier molecular flexibility index (Phi) is 10.6. The summed E-state index contributed by atoms with van der Waals surface area (Å²) < 4.78 is 53.3. The highest BCUT2D eigenvalue weighted by molar-refractivity contribution is 7.68. The summed E-state index contributed by atoms with van der Waals surface area (Å²) in [4.78, 5) is 11.5. The minimum absolute atomic E-state index is 0.129. The van der Waals surface area contributed by atoms with Crippen molar-refractivity contribution < 1.29 is 36.8 Å². The molecule has 160 valence electrons. The van der Waals surface area contributed by atoms with Crippen LogP contribution in [0.25, 0.3) is 0 Å². The molecule has 0 spiro atoms. The van der Waals surface area contributed by atoms with E-state index in [0.29, 0.717) is 12.0 Å². The van der Waals surface area contributed by atoms with E-state index in [0.717, 1.165) is 0 Å². The van der Waals surface area contributed by atoms with Gasteiger partial charge in [0.15, 0.2) is 0 Å². The van der Waals surface area contributed by atoms with Gasteiger partial charge in [0.1, 0.15) is 0 Å². The Hall–Kier alpha value is -1.01. The van der Waals surface area contributed by atoms with E-state index in [1.165, 1.54) is 7.11 Å². The van der Waals surface area contributed by atoms with E-state index in [1.54, 1.807) is 45.9 Å². The minimum atomic E-state index is -3.78. The van der Waals surface area contributed by atoms with Crippen LogP contribution in [0.2, 0.25) is 0 Å². The van der Waals surface area contributed by atoms with Gasteiger partial charge >= 0.3 is 21.2 Å². The van der Waals surface area contributed by atoms with Crippen molar-refractivity contribution >= 4 is 31.8 Å². The molecule has 0 bridgehead atoms. The van der Waals surface area contributed by atoms with Gasteiger partial charge in [-0.05, 0) is 51.8 Å². The highest BCUT2D eigenvalue weighted by Gasteiger charge is 2.38. The number of hydrogen-bond donors (Lipinski definition) is 0. The van der Waals surface area contributed by atoms with Gasteiger partial charge in [-0.3, -0.25) is 13.9 Å². The lowest BCUT2D eigenvalue weighted by Gasteiger charge is -2.24. The number of carbonyl (C=O) groups excluding carboxylic acids is 1. The summed E-state index contributed by atoms with van der Waals surface area (Å²) in [6.45, 7) is 7.34. The van der Waals surface area contributed by atoms with Crippen LogP contribution in [-0.4, -0.2) is 39.5 Å². The molecule has 1 aromatic carbocycles. The summed E-state index contributed by atoms with van der Waals surface area (Å²) in [6, 6.07) is 4.81. The highest BCUT2D eigenvalue weighted by Crippen LogP contribution is 2.53. The zero-order chi connectivity index (χ0) is 21.2. The van der Waals surface area contributed by atoms with E-state index in [2.05, 4.69) is 4.74 Å². The molecule has 1 rings (SSSR count). The molecule has 0 aromatic heterocycles. The summed E-state index contributed by atoms with van der Waals surface area (Å²) in [6.07, 6.45) is 0.503. The Balaban J connectivity index is 3.55. The van der Waals surface area contributed by atoms with Crippen molar-refractivity contribution in [3.8, 4) is 0 Å². The van der Waals surface area contributed by atoms with Gasteiger partial charge in [-0.1, -0.05) is 6.07 Å². The van der Waals surface area contributed by atoms with Crippen LogP contribution in [0, 0.1) is 0 Å². The summed E-state index contributed by atoms with van der Waals surface area (Å²) in [5, 5.41) is 0.270. The highest BCUT2D eigenvalue weighted by atomic mass is 31.2. The first-order valence-corrected chi connectivity index (χ1v) is 12.4. The maximum atomic E-state index is 13.5. The lowest BCUT2D eigenvalue weighted by Crippen LogP contribution is -2.29. The number of esters is 1. The standard InChI is InChI=1S/C18H30O8P2/c1-6-23-27(20,24-7-2)16-12-10-15(11-13-18(19)22-5)14-17(16)28(21,25-8-3)26-9-4/h10,12,14H,6-9,11,13H2,1-5H3. The zero-order valence-corrected chi connectivity index (χ0v) is 18.9. The number of methoxy groups -OCH3 is 1. The SMILES string of the molecule is CCOP(=O)(OCC)c1ccc(CCC(=O)OC)cc1P(=O)(OCC)OCC. The smallest absolute Gasteiger partial charge is 0.362 e. The fourth-order valence-electron chi connectivity index (χ4n) is 2.56. The van der Waals surface area contributed by atoms with Crippen LogP contribution >= 0.6 is 15.2 Å². The second-order valence-corrected chi connectivity index (χ2v) is 9.55. The number of ether oxygens (including phenoxy) is 1. The van der Waals surface area contributed by atoms with Crippen LogP contribution < -0.4 is 10.6 Å². The van der Waals surface area contributed by atoms with Crippen molar-refractivity contribution in [1.82, 2.24) is 0 Å². The van der Waals surface area contributed by atoms with Gasteiger partial charge in [0, 0.05) is 6.42 Å². The van der Waals surface area contributed by atoms with Gasteiger partial charge in [0.25, 0.3) is 0 Å². The van der Waals surface area contributed by atoms with E-state index in [1.807, 2.05) is 0 Å². The largest absolute Gasteiger partial charge is 0.469 e. The lowest BCUT2D eigenvalue weighted by molar-refractivity contribution is -0.140. The number of benzene rings is 1. The maximum Gasteiger partial charge on any atom is 0.362 e.